The lowest BCUT2D eigenvalue weighted by Gasteiger charge is -2.58. The number of nitrogens with zero attached hydrogens (tertiary/aromatic N) is 3. The number of amides is 3. The van der Waals surface area contributed by atoms with Gasteiger partial charge < -0.3 is 20.2 Å². The number of carbonyl (C=O) groups excluding carboxylic acids is 2. The molecule has 6 rings (SSSR count). The van der Waals surface area contributed by atoms with Crippen molar-refractivity contribution in [3.05, 3.63) is 0 Å². The molecule has 0 spiro atoms. The Balaban J connectivity index is 1.21. The largest absolute Gasteiger partial charge is 0.393 e. The van der Waals surface area contributed by atoms with Gasteiger partial charge in [0.25, 0.3) is 0 Å². The van der Waals surface area contributed by atoms with E-state index in [1.165, 1.54) is 0 Å². The van der Waals surface area contributed by atoms with Gasteiger partial charge >= 0.3 is 6.03 Å². The van der Waals surface area contributed by atoms with E-state index in [0.717, 1.165) is 57.9 Å². The molecule has 0 radical (unpaired) electrons. The fraction of sp³-hybridized carbons (Fsp3) is 0.864. The molecule has 6 fully saturated rings. The number of nitriles is 1. The van der Waals surface area contributed by atoms with Gasteiger partial charge in [0.1, 0.15) is 0 Å². The molecule has 0 aromatic carbocycles. The number of hydrogen-bond acceptors (Lipinski definition) is 4. The molecule has 7 nitrogen and oxygen atoms in total. The first-order valence-electron chi connectivity index (χ1n) is 11.4. The number of aliphatic hydroxyl groups excluding tert-OH is 1. The summed E-state index contributed by atoms with van der Waals surface area (Å²) in [5, 5.41) is 22.9. The van der Waals surface area contributed by atoms with Gasteiger partial charge in [-0.15, -0.1) is 0 Å². The molecule has 3 amide bonds. The van der Waals surface area contributed by atoms with E-state index >= 15 is 0 Å². The second kappa shape index (κ2) is 7.16. The van der Waals surface area contributed by atoms with Crippen LogP contribution in [0.2, 0.25) is 0 Å². The van der Waals surface area contributed by atoms with Gasteiger partial charge in [0.05, 0.1) is 23.5 Å². The van der Waals surface area contributed by atoms with Crippen LogP contribution in [0.4, 0.5) is 4.79 Å². The lowest BCUT2D eigenvalue weighted by Crippen LogP contribution is -2.61. The minimum atomic E-state index is -0.295. The number of rotatable bonds is 2. The lowest BCUT2D eigenvalue weighted by atomic mass is 9.48. The highest BCUT2D eigenvalue weighted by molar-refractivity contribution is 5.83. The Morgan fingerprint density at radius 3 is 2.45 bits per heavy atom. The molecule has 2 N–H and O–H groups in total. The van der Waals surface area contributed by atoms with Crippen LogP contribution in [0.3, 0.4) is 0 Å². The predicted octanol–water partition coefficient (Wildman–Crippen LogP) is 1.72. The van der Waals surface area contributed by atoms with Crippen LogP contribution in [0.25, 0.3) is 0 Å². The first-order chi connectivity index (χ1) is 14.0. The number of nitrogens with one attached hydrogen (secondary N) is 1. The van der Waals surface area contributed by atoms with Crippen molar-refractivity contribution >= 4 is 11.9 Å². The van der Waals surface area contributed by atoms with E-state index in [-0.39, 0.29) is 35.4 Å². The van der Waals surface area contributed by atoms with Gasteiger partial charge in [0, 0.05) is 32.2 Å². The molecule has 4 aliphatic carbocycles. The number of hydrogen-bond donors (Lipinski definition) is 2. The van der Waals surface area contributed by atoms with Crippen molar-refractivity contribution in [1.29, 1.82) is 5.26 Å². The summed E-state index contributed by atoms with van der Waals surface area (Å²) in [6.07, 6.45) is 7.13. The standard InChI is InChI=1S/C22H32N4O3/c23-11-14-3-5-26(12-14)21(29)25-4-1-2-18(13-25)24-20(28)22-8-15-6-16(9-22)19(27)17(7-15)10-22/h14-19,27H,1-10,12-13H2,(H,24,28)/t14-,15?,16?,17?,18+,19?,22?/m1/s1. The molecular weight excluding hydrogens is 368 g/mol. The maximum absolute atomic E-state index is 13.3. The summed E-state index contributed by atoms with van der Waals surface area (Å²) in [6.45, 7) is 2.47. The third-order valence-electron chi connectivity index (χ3n) is 8.37. The highest BCUT2D eigenvalue weighted by Crippen LogP contribution is 2.60. The zero-order valence-corrected chi connectivity index (χ0v) is 17.1. The van der Waals surface area contributed by atoms with Gasteiger partial charge in [-0.25, -0.2) is 4.79 Å². The number of aliphatic hydroxyl groups is 1. The van der Waals surface area contributed by atoms with Crippen molar-refractivity contribution in [3.63, 3.8) is 0 Å². The van der Waals surface area contributed by atoms with Crippen molar-refractivity contribution < 1.29 is 14.7 Å². The van der Waals surface area contributed by atoms with Gasteiger partial charge in [0.2, 0.25) is 5.91 Å². The summed E-state index contributed by atoms with van der Waals surface area (Å²) in [7, 11) is 0. The number of likely N-dealkylation sites (tertiary alicyclic amines) is 2. The molecule has 2 unspecified atom stereocenters. The highest BCUT2D eigenvalue weighted by Gasteiger charge is 2.58. The maximum Gasteiger partial charge on any atom is 0.320 e. The van der Waals surface area contributed by atoms with Gasteiger partial charge in [-0.3, -0.25) is 4.79 Å². The fourth-order valence-corrected chi connectivity index (χ4v) is 7.12. The van der Waals surface area contributed by atoms with E-state index < -0.39 is 0 Å². The van der Waals surface area contributed by atoms with Crippen molar-refractivity contribution in [2.45, 2.75) is 63.5 Å². The monoisotopic (exact) mass is 400 g/mol. The van der Waals surface area contributed by atoms with E-state index in [0.29, 0.717) is 37.4 Å². The Kier molecular flexibility index (Phi) is 4.73. The van der Waals surface area contributed by atoms with Crippen LogP contribution in [0, 0.1) is 40.4 Å². The second-order valence-electron chi connectivity index (χ2n) is 10.3. The van der Waals surface area contributed by atoms with Crippen LogP contribution in [0.15, 0.2) is 0 Å². The Morgan fingerprint density at radius 1 is 1.03 bits per heavy atom. The Labute approximate surface area is 172 Å². The molecule has 2 heterocycles. The van der Waals surface area contributed by atoms with Crippen molar-refractivity contribution in [3.8, 4) is 6.07 Å². The molecule has 4 bridgehead atoms. The molecule has 29 heavy (non-hydrogen) atoms. The molecule has 2 saturated heterocycles. The first-order valence-corrected chi connectivity index (χ1v) is 11.4. The van der Waals surface area contributed by atoms with Crippen LogP contribution in [0.5, 0.6) is 0 Å². The predicted molar refractivity (Wildman–Crippen MR) is 105 cm³/mol. The average molecular weight is 401 g/mol. The second-order valence-corrected chi connectivity index (χ2v) is 10.3. The normalized spacial score (nSPS) is 43.3. The zero-order chi connectivity index (χ0) is 20.2. The van der Waals surface area contributed by atoms with Crippen LogP contribution in [0.1, 0.15) is 51.4 Å². The minimum Gasteiger partial charge on any atom is -0.393 e. The van der Waals surface area contributed by atoms with E-state index in [2.05, 4.69) is 11.4 Å². The van der Waals surface area contributed by atoms with Gasteiger partial charge in [-0.2, -0.15) is 5.26 Å². The number of urea groups is 1. The van der Waals surface area contributed by atoms with Crippen LogP contribution in [-0.4, -0.2) is 65.2 Å². The maximum atomic E-state index is 13.3. The van der Waals surface area contributed by atoms with Crippen LogP contribution < -0.4 is 5.32 Å². The topological polar surface area (TPSA) is 96.7 Å². The van der Waals surface area contributed by atoms with Crippen LogP contribution >= 0.6 is 0 Å². The molecule has 7 heteroatoms. The highest BCUT2D eigenvalue weighted by atomic mass is 16.3. The number of piperidine rings is 1. The summed E-state index contributed by atoms with van der Waals surface area (Å²) < 4.78 is 0. The first kappa shape index (κ1) is 19.2. The van der Waals surface area contributed by atoms with E-state index in [9.17, 15) is 14.7 Å². The number of carbonyl (C=O) groups is 2. The van der Waals surface area contributed by atoms with E-state index in [4.69, 9.17) is 5.26 Å². The van der Waals surface area contributed by atoms with Crippen molar-refractivity contribution in [1.82, 2.24) is 15.1 Å². The molecule has 2 aliphatic heterocycles. The Morgan fingerprint density at radius 2 is 1.76 bits per heavy atom. The van der Waals surface area contributed by atoms with E-state index in [1.54, 1.807) is 4.90 Å². The van der Waals surface area contributed by atoms with Crippen molar-refractivity contribution in [2.24, 2.45) is 29.1 Å². The molecule has 0 aromatic heterocycles. The molecule has 4 atom stereocenters. The third-order valence-corrected chi connectivity index (χ3v) is 8.37. The third kappa shape index (κ3) is 3.30. The van der Waals surface area contributed by atoms with Gasteiger partial charge in [-0.1, -0.05) is 0 Å². The fourth-order valence-electron chi connectivity index (χ4n) is 7.12. The van der Waals surface area contributed by atoms with Gasteiger partial charge in [0.15, 0.2) is 0 Å². The quantitative estimate of drug-likeness (QED) is 0.738. The molecular formula is C22H32N4O3. The summed E-state index contributed by atoms with van der Waals surface area (Å²) in [5.41, 5.74) is -0.295. The summed E-state index contributed by atoms with van der Waals surface area (Å²) in [6, 6.07) is 2.29. The Hall–Kier alpha value is -1.81. The van der Waals surface area contributed by atoms with Gasteiger partial charge in [-0.05, 0) is 69.1 Å². The zero-order valence-electron chi connectivity index (χ0n) is 17.1. The van der Waals surface area contributed by atoms with E-state index in [1.807, 2.05) is 4.90 Å². The molecule has 4 saturated carbocycles. The molecule has 158 valence electrons. The summed E-state index contributed by atoms with van der Waals surface area (Å²) in [4.78, 5) is 29.8. The SMILES string of the molecule is N#C[C@H]1CCN(C(=O)N2CCC[C@H](NC(=O)C34CC5CC(C3)C(O)C(C5)C4)C2)C1. The smallest absolute Gasteiger partial charge is 0.320 e. The lowest BCUT2D eigenvalue weighted by molar-refractivity contribution is -0.163. The molecule has 0 aromatic rings. The van der Waals surface area contributed by atoms with Crippen molar-refractivity contribution in [2.75, 3.05) is 26.2 Å². The summed E-state index contributed by atoms with van der Waals surface area (Å²) in [5.74, 6) is 1.29. The average Bonchev–Trinajstić information content (AvgIpc) is 3.20. The summed E-state index contributed by atoms with van der Waals surface area (Å²) >= 11 is 0. The molecule has 6 aliphatic rings. The Bertz CT molecular complexity index is 718. The van der Waals surface area contributed by atoms with Crippen LogP contribution in [-0.2, 0) is 4.79 Å². The minimum absolute atomic E-state index is 0.00694.